The summed E-state index contributed by atoms with van der Waals surface area (Å²) >= 11 is 0. The second kappa shape index (κ2) is 14.9. The molecular weight excluding hydrogens is 705 g/mol. The Kier molecular flexibility index (Phi) is 11.1. The first-order chi connectivity index (χ1) is 24.1. The highest BCUT2D eigenvalue weighted by Gasteiger charge is 2.61. The summed E-state index contributed by atoms with van der Waals surface area (Å²) in [5, 5.41) is 0. The van der Waals surface area contributed by atoms with Crippen molar-refractivity contribution in [3.05, 3.63) is 77.4 Å². The number of alkyl halides is 5. The van der Waals surface area contributed by atoms with Crippen LogP contribution < -0.4 is 16.4 Å². The van der Waals surface area contributed by atoms with E-state index in [9.17, 15) is 31.5 Å². The number of benzene rings is 3. The van der Waals surface area contributed by atoms with Gasteiger partial charge in [-0.2, -0.15) is 22.0 Å². The van der Waals surface area contributed by atoms with Gasteiger partial charge in [-0.25, -0.2) is 14.9 Å². The van der Waals surface area contributed by atoms with E-state index in [4.69, 9.17) is 16.5 Å². The van der Waals surface area contributed by atoms with Crippen molar-refractivity contribution in [3.8, 4) is 11.1 Å². The predicted octanol–water partition coefficient (Wildman–Crippen LogP) is 7.81. The van der Waals surface area contributed by atoms with Gasteiger partial charge in [0.05, 0.1) is 33.8 Å². The van der Waals surface area contributed by atoms with E-state index in [2.05, 4.69) is 29.9 Å². The molecule has 1 saturated carbocycles. The lowest BCUT2D eigenvalue weighted by molar-refractivity contribution is -0.292. The molecule has 1 atom stereocenters. The summed E-state index contributed by atoms with van der Waals surface area (Å²) in [5.74, 6) is -7.20. The molecule has 0 radical (unpaired) electrons. The Hall–Kier alpha value is -4.40. The standard InChI is InChI=1S/C37H40F5N7O2.ClH/c1-19(2)32-45-29-14-20(3)26(17-31(29)46-32)23-8-4-21(5-9-23)15-27(44)34(51)49(33(50)24-10-6-22(18-43)7-11-24)25-12-13-28-30(16-25)48-35(47-28)36(38,39)37(40,41)42;/h4-5,8-9,12-14,16-17,19,22,24,27H,6-7,10-11,15,18,43-44H2,1-3H3,(H,45,46)(H,47,48);1H/t22-,24-,27-;/m0./s1. The second-order valence-electron chi connectivity index (χ2n) is 13.8. The van der Waals surface area contributed by atoms with Gasteiger partial charge in [-0.1, -0.05) is 38.1 Å². The summed E-state index contributed by atoms with van der Waals surface area (Å²) in [5.41, 5.74) is 17.4. The van der Waals surface area contributed by atoms with Crippen molar-refractivity contribution in [3.63, 3.8) is 0 Å². The van der Waals surface area contributed by atoms with Crippen LogP contribution in [0.1, 0.15) is 68.2 Å². The van der Waals surface area contributed by atoms with Crippen molar-refractivity contribution in [1.29, 1.82) is 0 Å². The maximum Gasteiger partial charge on any atom is 0.461 e. The minimum Gasteiger partial charge on any atom is -0.342 e. The van der Waals surface area contributed by atoms with Gasteiger partial charge in [0.15, 0.2) is 5.82 Å². The second-order valence-corrected chi connectivity index (χ2v) is 13.8. The van der Waals surface area contributed by atoms with Gasteiger partial charge in [0, 0.05) is 11.8 Å². The maximum atomic E-state index is 14.1. The number of imide groups is 1. The fraction of sp³-hybridized carbons (Fsp3) is 0.405. The molecule has 6 N–H and O–H groups in total. The van der Waals surface area contributed by atoms with Gasteiger partial charge in [0.2, 0.25) is 5.91 Å². The number of nitrogens with one attached hydrogen (secondary N) is 2. The third kappa shape index (κ3) is 7.55. The fourth-order valence-electron chi connectivity index (χ4n) is 6.71. The van der Waals surface area contributed by atoms with Crippen LogP contribution in [0.5, 0.6) is 0 Å². The molecule has 6 rings (SSSR count). The number of H-pyrrole nitrogens is 2. The molecule has 0 saturated heterocycles. The van der Waals surface area contributed by atoms with E-state index < -0.39 is 41.7 Å². The van der Waals surface area contributed by atoms with Crippen molar-refractivity contribution in [1.82, 2.24) is 19.9 Å². The normalized spacial score (nSPS) is 17.4. The van der Waals surface area contributed by atoms with Crippen molar-refractivity contribution >= 4 is 52.0 Å². The third-order valence-electron chi connectivity index (χ3n) is 9.78. The molecule has 2 aromatic heterocycles. The van der Waals surface area contributed by atoms with Gasteiger partial charge in [0.25, 0.3) is 5.91 Å². The summed E-state index contributed by atoms with van der Waals surface area (Å²) in [6, 6.07) is 14.1. The number of amides is 2. The molecule has 0 bridgehead atoms. The molecule has 0 unspecified atom stereocenters. The highest BCUT2D eigenvalue weighted by Crippen LogP contribution is 2.43. The lowest BCUT2D eigenvalue weighted by Crippen LogP contribution is -2.50. The van der Waals surface area contributed by atoms with Crippen LogP contribution in [0, 0.1) is 18.8 Å². The van der Waals surface area contributed by atoms with E-state index in [1.54, 1.807) is 0 Å². The van der Waals surface area contributed by atoms with Crippen LogP contribution in [0.3, 0.4) is 0 Å². The SMILES string of the molecule is Cc1cc2[nH]c(C(C)C)nc2cc1-c1ccc(C[C@H](N)C(=O)N(c2ccc3nc(C(F)(F)C(F)(F)F)[nH]c3c2)C(=O)[C@H]2CC[C@H](CN)CC2)cc1.Cl. The third-order valence-corrected chi connectivity index (χ3v) is 9.78. The molecule has 52 heavy (non-hydrogen) atoms. The Morgan fingerprint density at radius 2 is 1.56 bits per heavy atom. The zero-order valence-corrected chi connectivity index (χ0v) is 29.7. The molecule has 2 heterocycles. The first-order valence-corrected chi connectivity index (χ1v) is 16.9. The van der Waals surface area contributed by atoms with E-state index in [-0.39, 0.29) is 47.4 Å². The van der Waals surface area contributed by atoms with Crippen LogP contribution in [-0.4, -0.2) is 50.5 Å². The number of carbonyl (C=O) groups is 2. The topological polar surface area (TPSA) is 147 Å². The minimum atomic E-state index is -5.88. The molecule has 2 amide bonds. The molecule has 0 spiro atoms. The molecule has 9 nitrogen and oxygen atoms in total. The molecular formula is C37H41ClF5N7O2. The Bertz CT molecular complexity index is 2070. The first kappa shape index (κ1) is 38.8. The smallest absolute Gasteiger partial charge is 0.342 e. The van der Waals surface area contributed by atoms with Crippen LogP contribution in [0.4, 0.5) is 27.6 Å². The van der Waals surface area contributed by atoms with E-state index >= 15 is 0 Å². The number of rotatable bonds is 9. The van der Waals surface area contributed by atoms with Crippen molar-refractivity contribution < 1.29 is 31.5 Å². The molecule has 278 valence electrons. The Morgan fingerprint density at radius 3 is 2.17 bits per heavy atom. The van der Waals surface area contributed by atoms with E-state index in [0.717, 1.165) is 44.0 Å². The number of aryl methyl sites for hydroxylation is 1. The quantitative estimate of drug-likeness (QED) is 0.113. The number of halogens is 6. The molecule has 1 fully saturated rings. The number of anilines is 1. The molecule has 0 aliphatic heterocycles. The van der Waals surface area contributed by atoms with Crippen LogP contribution >= 0.6 is 12.4 Å². The maximum absolute atomic E-state index is 14.1. The number of nitrogens with two attached hydrogens (primary N) is 2. The predicted molar refractivity (Wildman–Crippen MR) is 192 cm³/mol. The average Bonchev–Trinajstić information content (AvgIpc) is 3.72. The molecule has 15 heteroatoms. The monoisotopic (exact) mass is 745 g/mol. The van der Waals surface area contributed by atoms with Gasteiger partial charge in [-0.15, -0.1) is 12.4 Å². The lowest BCUT2D eigenvalue weighted by atomic mass is 9.81. The highest BCUT2D eigenvalue weighted by atomic mass is 35.5. The minimum absolute atomic E-state index is 0. The van der Waals surface area contributed by atoms with Gasteiger partial charge in [-0.3, -0.25) is 9.59 Å². The van der Waals surface area contributed by atoms with Gasteiger partial charge < -0.3 is 21.4 Å². The average molecular weight is 746 g/mol. The number of aromatic amines is 2. The fourth-order valence-corrected chi connectivity index (χ4v) is 6.71. The van der Waals surface area contributed by atoms with Crippen LogP contribution in [0.25, 0.3) is 33.2 Å². The number of aromatic nitrogens is 4. The summed E-state index contributed by atoms with van der Waals surface area (Å²) in [7, 11) is 0. The number of hydrogen-bond acceptors (Lipinski definition) is 6. The van der Waals surface area contributed by atoms with Crippen LogP contribution in [-0.2, 0) is 21.9 Å². The molecule has 3 aromatic carbocycles. The zero-order valence-electron chi connectivity index (χ0n) is 28.9. The van der Waals surface area contributed by atoms with Crippen molar-refractivity contribution in [2.75, 3.05) is 11.4 Å². The van der Waals surface area contributed by atoms with Gasteiger partial charge in [0.1, 0.15) is 5.82 Å². The lowest BCUT2D eigenvalue weighted by Gasteiger charge is -2.32. The number of imidazole rings is 2. The summed E-state index contributed by atoms with van der Waals surface area (Å²) in [6.07, 6.45) is -3.46. The summed E-state index contributed by atoms with van der Waals surface area (Å²) in [4.78, 5) is 42.5. The van der Waals surface area contributed by atoms with Crippen molar-refractivity contribution in [2.45, 2.75) is 76.9 Å². The highest BCUT2D eigenvalue weighted by molar-refractivity contribution is 6.17. The summed E-state index contributed by atoms with van der Waals surface area (Å²) < 4.78 is 67.4. The number of fused-ring (bicyclic) bond motifs is 2. The van der Waals surface area contributed by atoms with Gasteiger partial charge in [-0.05, 0) is 104 Å². The zero-order chi connectivity index (χ0) is 36.8. The Labute approximate surface area is 303 Å². The first-order valence-electron chi connectivity index (χ1n) is 16.9. The van der Waals surface area contributed by atoms with Crippen LogP contribution in [0.15, 0.2) is 54.6 Å². The summed E-state index contributed by atoms with van der Waals surface area (Å²) in [6.45, 7) is 6.64. The number of hydrogen-bond donors (Lipinski definition) is 4. The van der Waals surface area contributed by atoms with E-state index in [1.165, 1.54) is 18.2 Å². The van der Waals surface area contributed by atoms with E-state index in [0.29, 0.717) is 32.2 Å². The molecule has 5 aromatic rings. The van der Waals surface area contributed by atoms with Gasteiger partial charge >= 0.3 is 12.1 Å². The van der Waals surface area contributed by atoms with Crippen molar-refractivity contribution in [2.24, 2.45) is 23.3 Å². The number of nitrogens with zero attached hydrogens (tertiary/aromatic N) is 3. The van der Waals surface area contributed by atoms with E-state index in [1.807, 2.05) is 42.2 Å². The Morgan fingerprint density at radius 1 is 0.904 bits per heavy atom. The molecule has 1 aliphatic carbocycles. The molecule has 1 aliphatic rings. The Balaban J connectivity index is 0.00000523. The largest absolute Gasteiger partial charge is 0.461 e. The number of carbonyl (C=O) groups excluding carboxylic acids is 2. The van der Waals surface area contributed by atoms with Crippen LogP contribution in [0.2, 0.25) is 0 Å².